The lowest BCUT2D eigenvalue weighted by atomic mass is 10.0. The average Bonchev–Trinajstić information content (AvgIpc) is 1.97. The predicted molar refractivity (Wildman–Crippen MR) is 45.8 cm³/mol. The van der Waals surface area contributed by atoms with Crippen molar-refractivity contribution < 1.29 is 9.53 Å². The smallest absolute Gasteiger partial charge is 0.225 e. The summed E-state index contributed by atoms with van der Waals surface area (Å²) in [7, 11) is 1.64. The van der Waals surface area contributed by atoms with Gasteiger partial charge in [-0.2, -0.15) is 0 Å². The number of methoxy groups -OCH3 is 1. The van der Waals surface area contributed by atoms with E-state index in [1.165, 1.54) is 0 Å². The molecule has 2 N–H and O–H groups in total. The summed E-state index contributed by atoms with van der Waals surface area (Å²) in [6.07, 6.45) is 0.0991. The van der Waals surface area contributed by atoms with Crippen molar-refractivity contribution in [2.45, 2.75) is 13.0 Å². The Bertz CT molecular complexity index is 157. The second-order valence-corrected chi connectivity index (χ2v) is 3.15. The van der Waals surface area contributed by atoms with E-state index >= 15 is 0 Å². The van der Waals surface area contributed by atoms with Gasteiger partial charge in [-0.15, -0.1) is 0 Å². The molecule has 1 fully saturated rings. The van der Waals surface area contributed by atoms with Gasteiger partial charge in [0.2, 0.25) is 5.91 Å². The monoisotopic (exact) mass is 172 g/mol. The van der Waals surface area contributed by atoms with Gasteiger partial charge < -0.3 is 15.4 Å². The van der Waals surface area contributed by atoms with Gasteiger partial charge in [0, 0.05) is 26.7 Å². The quantitative estimate of drug-likeness (QED) is 0.593. The third-order valence-corrected chi connectivity index (χ3v) is 2.12. The first-order valence-electron chi connectivity index (χ1n) is 4.25. The predicted octanol–water partition coefficient (Wildman–Crippen LogP) is -0.643. The highest BCUT2D eigenvalue weighted by Crippen LogP contribution is 2.01. The summed E-state index contributed by atoms with van der Waals surface area (Å²) in [6.45, 7) is 4.16. The molecule has 1 rings (SSSR count). The highest BCUT2D eigenvalue weighted by atomic mass is 16.5. The molecule has 1 aliphatic rings. The average molecular weight is 172 g/mol. The molecule has 0 aromatic rings. The van der Waals surface area contributed by atoms with Gasteiger partial charge in [-0.1, -0.05) is 0 Å². The largest absolute Gasteiger partial charge is 0.380 e. The molecule has 1 atom stereocenters. The van der Waals surface area contributed by atoms with Gasteiger partial charge in [0.15, 0.2) is 0 Å². The Labute approximate surface area is 72.7 Å². The van der Waals surface area contributed by atoms with Crippen LogP contribution in [0.4, 0.5) is 0 Å². The Morgan fingerprint density at radius 3 is 2.83 bits per heavy atom. The van der Waals surface area contributed by atoms with E-state index in [1.54, 1.807) is 7.11 Å². The van der Waals surface area contributed by atoms with E-state index < -0.39 is 0 Å². The number of rotatable bonds is 4. The third-order valence-electron chi connectivity index (χ3n) is 2.12. The molecule has 1 amide bonds. The van der Waals surface area contributed by atoms with E-state index in [0.717, 1.165) is 13.1 Å². The minimum Gasteiger partial charge on any atom is -0.380 e. The van der Waals surface area contributed by atoms with Crippen molar-refractivity contribution in [1.29, 1.82) is 0 Å². The molecule has 0 aromatic carbocycles. The molecule has 4 nitrogen and oxygen atoms in total. The van der Waals surface area contributed by atoms with Crippen LogP contribution in [0.3, 0.4) is 0 Å². The molecule has 1 heterocycles. The van der Waals surface area contributed by atoms with Gasteiger partial charge in [-0.05, 0) is 6.92 Å². The molecule has 0 spiro atoms. The molecule has 0 saturated carbocycles. The van der Waals surface area contributed by atoms with Crippen molar-refractivity contribution in [2.24, 2.45) is 5.92 Å². The summed E-state index contributed by atoms with van der Waals surface area (Å²) in [4.78, 5) is 11.2. The lowest BCUT2D eigenvalue weighted by Crippen LogP contribution is -2.51. The fraction of sp³-hybridized carbons (Fsp3) is 0.875. The Hall–Kier alpha value is -0.610. The fourth-order valence-electron chi connectivity index (χ4n) is 0.946. The standard InChI is InChI=1S/C8H16N2O2/c1-6(12-2)3-10-8(11)7-4-9-5-7/h6-7,9H,3-5H2,1-2H3,(H,10,11). The van der Waals surface area contributed by atoms with Crippen molar-refractivity contribution in [1.82, 2.24) is 10.6 Å². The Balaban J connectivity index is 2.09. The number of carbonyl (C=O) groups is 1. The molecule has 1 aliphatic heterocycles. The number of hydrogen-bond acceptors (Lipinski definition) is 3. The van der Waals surface area contributed by atoms with E-state index in [9.17, 15) is 4.79 Å². The van der Waals surface area contributed by atoms with Crippen LogP contribution in [-0.4, -0.2) is 38.8 Å². The Kier molecular flexibility index (Phi) is 3.49. The van der Waals surface area contributed by atoms with E-state index in [0.29, 0.717) is 6.54 Å². The number of amides is 1. The van der Waals surface area contributed by atoms with Crippen LogP contribution in [0.1, 0.15) is 6.92 Å². The van der Waals surface area contributed by atoms with Gasteiger partial charge in [0.05, 0.1) is 12.0 Å². The van der Waals surface area contributed by atoms with Gasteiger partial charge in [-0.3, -0.25) is 4.79 Å². The van der Waals surface area contributed by atoms with E-state index in [4.69, 9.17) is 4.74 Å². The van der Waals surface area contributed by atoms with E-state index in [2.05, 4.69) is 10.6 Å². The van der Waals surface area contributed by atoms with Gasteiger partial charge in [0.1, 0.15) is 0 Å². The summed E-state index contributed by atoms with van der Waals surface area (Å²) in [6, 6.07) is 0. The van der Waals surface area contributed by atoms with Crippen molar-refractivity contribution >= 4 is 5.91 Å². The molecular formula is C8H16N2O2. The normalized spacial score (nSPS) is 19.8. The molecule has 70 valence electrons. The van der Waals surface area contributed by atoms with Crippen LogP contribution in [0.25, 0.3) is 0 Å². The molecule has 0 radical (unpaired) electrons. The lowest BCUT2D eigenvalue weighted by molar-refractivity contribution is -0.126. The van der Waals surface area contributed by atoms with Crippen molar-refractivity contribution in [3.63, 3.8) is 0 Å². The highest BCUT2D eigenvalue weighted by molar-refractivity contribution is 5.79. The minimum absolute atomic E-state index is 0.0991. The van der Waals surface area contributed by atoms with Crippen LogP contribution in [0, 0.1) is 5.92 Å². The number of ether oxygens (including phenoxy) is 1. The Morgan fingerprint density at radius 1 is 1.75 bits per heavy atom. The molecule has 1 saturated heterocycles. The number of nitrogens with one attached hydrogen (secondary N) is 2. The molecule has 1 unspecified atom stereocenters. The summed E-state index contributed by atoms with van der Waals surface area (Å²) in [5, 5.41) is 5.88. The third kappa shape index (κ3) is 2.46. The zero-order valence-electron chi connectivity index (χ0n) is 7.59. The van der Waals surface area contributed by atoms with E-state index in [-0.39, 0.29) is 17.9 Å². The summed E-state index contributed by atoms with van der Waals surface area (Å²) in [5.41, 5.74) is 0. The first kappa shape index (κ1) is 9.48. The van der Waals surface area contributed by atoms with Crippen LogP contribution in [-0.2, 0) is 9.53 Å². The topological polar surface area (TPSA) is 50.4 Å². The zero-order valence-corrected chi connectivity index (χ0v) is 7.59. The maximum atomic E-state index is 11.2. The van der Waals surface area contributed by atoms with Crippen molar-refractivity contribution in [3.8, 4) is 0 Å². The molecule has 12 heavy (non-hydrogen) atoms. The maximum Gasteiger partial charge on any atom is 0.225 e. The van der Waals surface area contributed by atoms with Crippen LogP contribution in [0.2, 0.25) is 0 Å². The van der Waals surface area contributed by atoms with Gasteiger partial charge >= 0.3 is 0 Å². The number of hydrogen-bond donors (Lipinski definition) is 2. The first-order chi connectivity index (χ1) is 5.74. The molecule has 0 bridgehead atoms. The second kappa shape index (κ2) is 4.42. The zero-order chi connectivity index (χ0) is 8.97. The SMILES string of the molecule is COC(C)CNC(=O)C1CNC1. The summed E-state index contributed by atoms with van der Waals surface area (Å²) in [5.74, 6) is 0.312. The molecule has 0 aromatic heterocycles. The summed E-state index contributed by atoms with van der Waals surface area (Å²) < 4.78 is 5.00. The highest BCUT2D eigenvalue weighted by Gasteiger charge is 2.24. The van der Waals surface area contributed by atoms with E-state index in [1.807, 2.05) is 6.92 Å². The fourth-order valence-corrected chi connectivity index (χ4v) is 0.946. The van der Waals surface area contributed by atoms with Gasteiger partial charge in [0.25, 0.3) is 0 Å². The summed E-state index contributed by atoms with van der Waals surface area (Å²) >= 11 is 0. The minimum atomic E-state index is 0.0991. The Morgan fingerprint density at radius 2 is 2.42 bits per heavy atom. The van der Waals surface area contributed by atoms with Crippen molar-refractivity contribution in [3.05, 3.63) is 0 Å². The van der Waals surface area contributed by atoms with Crippen LogP contribution < -0.4 is 10.6 Å². The lowest BCUT2D eigenvalue weighted by Gasteiger charge is -2.26. The molecular weight excluding hydrogens is 156 g/mol. The van der Waals surface area contributed by atoms with Crippen LogP contribution >= 0.6 is 0 Å². The van der Waals surface area contributed by atoms with Crippen LogP contribution in [0.5, 0.6) is 0 Å². The van der Waals surface area contributed by atoms with Gasteiger partial charge in [-0.25, -0.2) is 0 Å². The second-order valence-electron chi connectivity index (χ2n) is 3.15. The van der Waals surface area contributed by atoms with Crippen molar-refractivity contribution in [2.75, 3.05) is 26.7 Å². The first-order valence-corrected chi connectivity index (χ1v) is 4.25. The molecule has 4 heteroatoms. The molecule has 0 aliphatic carbocycles. The number of carbonyl (C=O) groups excluding carboxylic acids is 1. The van der Waals surface area contributed by atoms with Crippen LogP contribution in [0.15, 0.2) is 0 Å². The maximum absolute atomic E-state index is 11.2.